The molecule has 1 fully saturated rings. The Labute approximate surface area is 140 Å². The fourth-order valence-electron chi connectivity index (χ4n) is 5.40. The smallest absolute Gasteiger partial charge is 0.234 e. The van der Waals surface area contributed by atoms with Crippen molar-refractivity contribution in [2.45, 2.75) is 73.6 Å². The summed E-state index contributed by atoms with van der Waals surface area (Å²) in [5.41, 5.74) is 2.58. The molecule has 0 spiro atoms. The number of carbonyl (C=O) groups is 1. The molecule has 0 N–H and O–H groups in total. The van der Waals surface area contributed by atoms with Crippen LogP contribution in [-0.4, -0.2) is 18.4 Å². The Balaban J connectivity index is 2.34. The Morgan fingerprint density at radius 2 is 1.74 bits per heavy atom. The number of allylic oxidation sites excluding steroid dienone is 2. The molecule has 0 saturated heterocycles. The molecular weight excluding hydrogens is 286 g/mol. The number of isocyanates is 1. The van der Waals surface area contributed by atoms with Crippen LogP contribution < -0.4 is 0 Å². The van der Waals surface area contributed by atoms with Crippen LogP contribution in [0.3, 0.4) is 0 Å². The first-order valence-electron chi connectivity index (χ1n) is 8.74. The molecule has 0 aromatic carbocycles. The number of carbonyl (C=O) groups excluding carboxylic acids is 2. The van der Waals surface area contributed by atoms with E-state index < -0.39 is 0 Å². The van der Waals surface area contributed by atoms with E-state index in [1.807, 2.05) is 0 Å². The third kappa shape index (κ3) is 4.20. The Morgan fingerprint density at radius 1 is 1.09 bits per heavy atom. The van der Waals surface area contributed by atoms with Crippen molar-refractivity contribution in [1.82, 2.24) is 0 Å². The van der Waals surface area contributed by atoms with Crippen LogP contribution in [0.4, 0.5) is 0 Å². The molecule has 2 aliphatic rings. The van der Waals surface area contributed by atoms with Crippen molar-refractivity contribution < 1.29 is 9.59 Å². The molecular formula is C20H31NO2. The van der Waals surface area contributed by atoms with Gasteiger partial charge in [0.15, 0.2) is 5.78 Å². The minimum absolute atomic E-state index is 0.0235. The molecule has 0 radical (unpaired) electrons. The van der Waals surface area contributed by atoms with Crippen molar-refractivity contribution in [2.75, 3.05) is 6.54 Å². The summed E-state index contributed by atoms with van der Waals surface area (Å²) in [5, 5.41) is 0. The lowest BCUT2D eigenvalue weighted by Gasteiger charge is -2.47. The van der Waals surface area contributed by atoms with Crippen LogP contribution in [0.1, 0.15) is 73.6 Å². The van der Waals surface area contributed by atoms with E-state index in [4.69, 9.17) is 0 Å². The van der Waals surface area contributed by atoms with Crippen molar-refractivity contribution in [2.24, 2.45) is 27.2 Å². The summed E-state index contributed by atoms with van der Waals surface area (Å²) >= 11 is 0. The highest BCUT2D eigenvalue weighted by atomic mass is 16.1. The Kier molecular flexibility index (Phi) is 4.74. The number of hydrogen-bond acceptors (Lipinski definition) is 3. The number of hydrogen-bond donors (Lipinski definition) is 0. The fraction of sp³-hybridized carbons (Fsp3) is 0.800. The van der Waals surface area contributed by atoms with E-state index in [-0.39, 0.29) is 16.2 Å². The zero-order valence-corrected chi connectivity index (χ0v) is 15.6. The second-order valence-electron chi connectivity index (χ2n) is 9.80. The first-order chi connectivity index (χ1) is 10.5. The van der Waals surface area contributed by atoms with Gasteiger partial charge in [0.05, 0.1) is 6.54 Å². The Bertz CT molecular complexity index is 578. The average Bonchev–Trinajstić information content (AvgIpc) is 2.31. The maximum absolute atomic E-state index is 12.8. The lowest BCUT2D eigenvalue weighted by Crippen LogP contribution is -2.40. The van der Waals surface area contributed by atoms with E-state index in [9.17, 15) is 9.59 Å². The number of ketones is 1. The summed E-state index contributed by atoms with van der Waals surface area (Å²) in [7, 11) is 0. The number of nitrogens with zero attached hydrogens (tertiary/aromatic N) is 1. The van der Waals surface area contributed by atoms with Crippen molar-refractivity contribution in [1.29, 1.82) is 0 Å². The highest BCUT2D eigenvalue weighted by Gasteiger charge is 2.45. The molecule has 0 aromatic heterocycles. The van der Waals surface area contributed by atoms with Gasteiger partial charge in [0, 0.05) is 6.42 Å². The summed E-state index contributed by atoms with van der Waals surface area (Å²) in [6, 6.07) is 0. The van der Waals surface area contributed by atoms with Crippen molar-refractivity contribution in [3.05, 3.63) is 11.1 Å². The lowest BCUT2D eigenvalue weighted by molar-refractivity contribution is -0.119. The second-order valence-corrected chi connectivity index (χ2v) is 9.80. The highest BCUT2D eigenvalue weighted by molar-refractivity contribution is 5.98. The van der Waals surface area contributed by atoms with Gasteiger partial charge in [-0.1, -0.05) is 40.2 Å². The van der Waals surface area contributed by atoms with Gasteiger partial charge >= 0.3 is 0 Å². The van der Waals surface area contributed by atoms with Crippen LogP contribution in [0.2, 0.25) is 0 Å². The Hall–Kier alpha value is -1.21. The zero-order chi connectivity index (χ0) is 17.5. The van der Waals surface area contributed by atoms with E-state index in [1.54, 1.807) is 6.08 Å². The molecule has 3 nitrogen and oxygen atoms in total. The quantitative estimate of drug-likeness (QED) is 0.551. The standard InChI is InChI=1S/C20H31NO2/c1-14-7-18(2,3)10-16(23)17(14)15-8-19(4,5)11-20(6,9-15)12-21-13-22/h15H,7-12H2,1-6H3. The van der Waals surface area contributed by atoms with Crippen LogP contribution in [0.5, 0.6) is 0 Å². The highest BCUT2D eigenvalue weighted by Crippen LogP contribution is 2.53. The molecule has 23 heavy (non-hydrogen) atoms. The SMILES string of the molecule is CC1=C(C2CC(C)(C)CC(C)(CN=C=O)C2)C(=O)CC(C)(C)C1. The van der Waals surface area contributed by atoms with Crippen LogP contribution in [-0.2, 0) is 9.59 Å². The molecule has 0 amide bonds. The normalized spacial score (nSPS) is 33.3. The molecule has 3 heteroatoms. The zero-order valence-electron chi connectivity index (χ0n) is 15.6. The van der Waals surface area contributed by atoms with Crippen molar-refractivity contribution in [3.8, 4) is 0 Å². The van der Waals surface area contributed by atoms with E-state index in [0.29, 0.717) is 24.7 Å². The monoisotopic (exact) mass is 317 g/mol. The van der Waals surface area contributed by atoms with Gasteiger partial charge in [0.1, 0.15) is 0 Å². The van der Waals surface area contributed by atoms with Gasteiger partial charge in [-0.05, 0) is 60.3 Å². The maximum Gasteiger partial charge on any atom is 0.234 e. The molecule has 0 heterocycles. The summed E-state index contributed by atoms with van der Waals surface area (Å²) in [6.07, 6.45) is 6.38. The topological polar surface area (TPSA) is 46.5 Å². The van der Waals surface area contributed by atoms with Crippen LogP contribution in [0.25, 0.3) is 0 Å². The van der Waals surface area contributed by atoms with Crippen LogP contribution in [0, 0.1) is 22.2 Å². The number of Topliss-reactive ketones (excluding diaryl/α,β-unsaturated/α-hetero) is 1. The molecule has 0 aliphatic heterocycles. The van der Waals surface area contributed by atoms with Gasteiger partial charge in [0.2, 0.25) is 6.08 Å². The molecule has 1 saturated carbocycles. The van der Waals surface area contributed by atoms with Gasteiger partial charge in [-0.2, -0.15) is 0 Å². The first-order valence-corrected chi connectivity index (χ1v) is 8.74. The first kappa shape index (κ1) is 18.1. The second kappa shape index (κ2) is 6.02. The predicted octanol–water partition coefficient (Wildman–Crippen LogP) is 4.86. The van der Waals surface area contributed by atoms with E-state index in [2.05, 4.69) is 46.5 Å². The molecule has 2 unspecified atom stereocenters. The molecule has 2 rings (SSSR count). The van der Waals surface area contributed by atoms with Crippen LogP contribution in [0.15, 0.2) is 16.1 Å². The minimum atomic E-state index is -0.0235. The van der Waals surface area contributed by atoms with E-state index >= 15 is 0 Å². The van der Waals surface area contributed by atoms with Gasteiger partial charge in [0.25, 0.3) is 0 Å². The molecule has 0 bridgehead atoms. The van der Waals surface area contributed by atoms with Crippen LogP contribution >= 0.6 is 0 Å². The van der Waals surface area contributed by atoms with Crippen molar-refractivity contribution in [3.63, 3.8) is 0 Å². The molecule has 2 aliphatic carbocycles. The summed E-state index contributed by atoms with van der Waals surface area (Å²) < 4.78 is 0. The average molecular weight is 317 g/mol. The molecule has 2 atom stereocenters. The van der Waals surface area contributed by atoms with Crippen molar-refractivity contribution >= 4 is 11.9 Å². The third-order valence-corrected chi connectivity index (χ3v) is 5.52. The fourth-order valence-corrected chi connectivity index (χ4v) is 5.40. The lowest BCUT2D eigenvalue weighted by atomic mass is 9.57. The van der Waals surface area contributed by atoms with Gasteiger partial charge in [-0.15, -0.1) is 0 Å². The summed E-state index contributed by atoms with van der Waals surface area (Å²) in [4.78, 5) is 27.2. The third-order valence-electron chi connectivity index (χ3n) is 5.52. The predicted molar refractivity (Wildman–Crippen MR) is 92.9 cm³/mol. The largest absolute Gasteiger partial charge is 0.295 e. The van der Waals surface area contributed by atoms with E-state index in [0.717, 1.165) is 31.3 Å². The van der Waals surface area contributed by atoms with Gasteiger partial charge < -0.3 is 0 Å². The van der Waals surface area contributed by atoms with Gasteiger partial charge in [-0.25, -0.2) is 9.79 Å². The maximum atomic E-state index is 12.8. The summed E-state index contributed by atoms with van der Waals surface area (Å²) in [5.74, 6) is 0.636. The van der Waals surface area contributed by atoms with Gasteiger partial charge in [-0.3, -0.25) is 4.79 Å². The minimum Gasteiger partial charge on any atom is -0.295 e. The molecule has 0 aromatic rings. The molecule has 128 valence electrons. The summed E-state index contributed by atoms with van der Waals surface area (Å²) in [6.45, 7) is 13.8. The van der Waals surface area contributed by atoms with E-state index in [1.165, 1.54) is 5.57 Å². The Morgan fingerprint density at radius 3 is 2.30 bits per heavy atom. The number of rotatable bonds is 3. The number of aliphatic imine (C=N–C) groups is 1.